The van der Waals surface area contributed by atoms with Gasteiger partial charge in [0.05, 0.1) is 16.8 Å². The van der Waals surface area contributed by atoms with E-state index in [1.807, 2.05) is 6.07 Å². The van der Waals surface area contributed by atoms with Crippen molar-refractivity contribution in [2.24, 2.45) is 0 Å². The summed E-state index contributed by atoms with van der Waals surface area (Å²) in [4.78, 5) is 19.0. The minimum atomic E-state index is -1.02. The summed E-state index contributed by atoms with van der Waals surface area (Å²) in [5.74, 6) is -1.02. The number of carboxylic acids is 1. The van der Waals surface area contributed by atoms with Crippen LogP contribution in [0.3, 0.4) is 0 Å². The molecule has 0 aromatic carbocycles. The number of pyridine rings is 1. The van der Waals surface area contributed by atoms with E-state index in [9.17, 15) is 4.79 Å². The summed E-state index contributed by atoms with van der Waals surface area (Å²) in [6.45, 7) is 0. The summed E-state index contributed by atoms with van der Waals surface area (Å²) in [6.07, 6.45) is 1.39. The maximum absolute atomic E-state index is 10.9. The van der Waals surface area contributed by atoms with Crippen molar-refractivity contribution >= 4 is 17.3 Å². The first-order valence-electron chi connectivity index (χ1n) is 4.25. The average Bonchev–Trinajstić information content (AvgIpc) is 2.78. The average molecular weight is 231 g/mol. The van der Waals surface area contributed by atoms with E-state index < -0.39 is 5.97 Å². The Bertz CT molecular complexity index is 568. The molecule has 0 amide bonds. The molecular weight excluding hydrogens is 226 g/mol. The molecule has 0 aliphatic rings. The van der Waals surface area contributed by atoms with Crippen LogP contribution in [-0.2, 0) is 0 Å². The molecule has 1 N–H and O–H groups in total. The van der Waals surface area contributed by atoms with Gasteiger partial charge in [-0.25, -0.2) is 9.78 Å². The third-order valence-electron chi connectivity index (χ3n) is 1.90. The number of aromatic nitrogens is 2. The van der Waals surface area contributed by atoms with E-state index in [1.54, 1.807) is 12.1 Å². The van der Waals surface area contributed by atoms with Gasteiger partial charge in [0.15, 0.2) is 0 Å². The van der Waals surface area contributed by atoms with Crippen LogP contribution in [0.5, 0.6) is 0 Å². The predicted octanol–water partition coefficient (Wildman–Crippen LogP) is 1.77. The first-order valence-corrected chi connectivity index (χ1v) is 5.13. The second-order valence-corrected chi connectivity index (χ2v) is 3.73. The number of carbonyl (C=O) groups is 1. The van der Waals surface area contributed by atoms with E-state index >= 15 is 0 Å². The van der Waals surface area contributed by atoms with E-state index in [0.717, 1.165) is 11.3 Å². The van der Waals surface area contributed by atoms with Gasteiger partial charge >= 0.3 is 5.97 Å². The number of nitriles is 1. The van der Waals surface area contributed by atoms with Crippen LogP contribution in [0.1, 0.15) is 15.2 Å². The standard InChI is InChI=1S/C10H5N3O2S/c11-3-6-1-2-7(12-4-6)8-9(10(14)15)16-5-13-8/h1-2,4-5H,(H,14,15). The molecule has 16 heavy (non-hydrogen) atoms. The molecule has 0 saturated carbocycles. The topological polar surface area (TPSA) is 86.9 Å². The van der Waals surface area contributed by atoms with Crippen LogP contribution in [0.4, 0.5) is 0 Å². The van der Waals surface area contributed by atoms with Gasteiger partial charge in [-0.3, -0.25) is 4.98 Å². The fraction of sp³-hybridized carbons (Fsp3) is 0. The number of aromatic carboxylic acids is 1. The quantitative estimate of drug-likeness (QED) is 0.851. The van der Waals surface area contributed by atoms with Gasteiger partial charge in [-0.05, 0) is 12.1 Å². The Morgan fingerprint density at radius 1 is 1.44 bits per heavy atom. The molecule has 0 radical (unpaired) electrons. The fourth-order valence-corrected chi connectivity index (χ4v) is 1.81. The van der Waals surface area contributed by atoms with Gasteiger partial charge in [0.25, 0.3) is 0 Å². The lowest BCUT2D eigenvalue weighted by Gasteiger charge is -1.97. The lowest BCUT2D eigenvalue weighted by atomic mass is 10.2. The zero-order chi connectivity index (χ0) is 11.5. The molecule has 2 aromatic rings. The summed E-state index contributed by atoms with van der Waals surface area (Å²) in [6, 6.07) is 5.10. The molecule has 0 fully saturated rings. The number of rotatable bonds is 2. The van der Waals surface area contributed by atoms with Crippen molar-refractivity contribution in [1.82, 2.24) is 9.97 Å². The molecule has 2 heterocycles. The highest BCUT2D eigenvalue weighted by Gasteiger charge is 2.15. The lowest BCUT2D eigenvalue weighted by molar-refractivity contribution is 0.0702. The Labute approximate surface area is 94.6 Å². The van der Waals surface area contributed by atoms with E-state index in [2.05, 4.69) is 9.97 Å². The van der Waals surface area contributed by atoms with Crippen molar-refractivity contribution in [3.8, 4) is 17.5 Å². The molecule has 0 atom stereocenters. The van der Waals surface area contributed by atoms with Crippen LogP contribution in [0.15, 0.2) is 23.8 Å². The molecule has 6 heteroatoms. The number of carboxylic acid groups (broad SMARTS) is 1. The van der Waals surface area contributed by atoms with Crippen molar-refractivity contribution in [2.45, 2.75) is 0 Å². The number of hydrogen-bond acceptors (Lipinski definition) is 5. The van der Waals surface area contributed by atoms with Crippen molar-refractivity contribution in [3.63, 3.8) is 0 Å². The van der Waals surface area contributed by atoms with Gasteiger partial charge in [0.2, 0.25) is 0 Å². The third kappa shape index (κ3) is 1.76. The van der Waals surface area contributed by atoms with Crippen molar-refractivity contribution in [1.29, 1.82) is 5.26 Å². The summed E-state index contributed by atoms with van der Waals surface area (Å²) in [7, 11) is 0. The van der Waals surface area contributed by atoms with Crippen LogP contribution < -0.4 is 0 Å². The fourth-order valence-electron chi connectivity index (χ4n) is 1.18. The molecule has 0 aliphatic carbocycles. The Balaban J connectivity index is 2.47. The zero-order valence-corrected chi connectivity index (χ0v) is 8.73. The molecule has 0 bridgehead atoms. The minimum Gasteiger partial charge on any atom is -0.477 e. The number of nitrogens with zero attached hydrogens (tertiary/aromatic N) is 3. The zero-order valence-electron chi connectivity index (χ0n) is 7.91. The van der Waals surface area contributed by atoms with E-state index in [4.69, 9.17) is 10.4 Å². The lowest BCUT2D eigenvalue weighted by Crippen LogP contribution is -1.96. The largest absolute Gasteiger partial charge is 0.477 e. The van der Waals surface area contributed by atoms with Crippen molar-refractivity contribution in [2.75, 3.05) is 0 Å². The summed E-state index contributed by atoms with van der Waals surface area (Å²) < 4.78 is 0. The monoisotopic (exact) mass is 231 g/mol. The maximum Gasteiger partial charge on any atom is 0.348 e. The van der Waals surface area contributed by atoms with Crippen LogP contribution in [0.25, 0.3) is 11.4 Å². The van der Waals surface area contributed by atoms with Crippen molar-refractivity contribution in [3.05, 3.63) is 34.3 Å². The summed E-state index contributed by atoms with van der Waals surface area (Å²) in [5.41, 5.74) is 2.68. The number of thiazole rings is 1. The summed E-state index contributed by atoms with van der Waals surface area (Å²) >= 11 is 1.05. The molecule has 0 saturated heterocycles. The van der Waals surface area contributed by atoms with E-state index in [1.165, 1.54) is 11.7 Å². The van der Waals surface area contributed by atoms with Crippen LogP contribution in [0.2, 0.25) is 0 Å². The number of hydrogen-bond donors (Lipinski definition) is 1. The first kappa shape index (κ1) is 10.3. The highest BCUT2D eigenvalue weighted by atomic mass is 32.1. The van der Waals surface area contributed by atoms with Crippen molar-refractivity contribution < 1.29 is 9.90 Å². The molecule has 0 spiro atoms. The van der Waals surface area contributed by atoms with Gasteiger partial charge in [0, 0.05) is 6.20 Å². The van der Waals surface area contributed by atoms with E-state index in [-0.39, 0.29) is 4.88 Å². The Kier molecular flexibility index (Phi) is 2.62. The summed E-state index contributed by atoms with van der Waals surface area (Å²) in [5, 5.41) is 17.5. The van der Waals surface area contributed by atoms with Gasteiger partial charge in [-0.15, -0.1) is 11.3 Å². The first-order chi connectivity index (χ1) is 7.72. The maximum atomic E-state index is 10.9. The Morgan fingerprint density at radius 2 is 2.25 bits per heavy atom. The highest BCUT2D eigenvalue weighted by molar-refractivity contribution is 7.12. The molecule has 5 nitrogen and oxygen atoms in total. The highest BCUT2D eigenvalue weighted by Crippen LogP contribution is 2.23. The molecule has 0 unspecified atom stereocenters. The SMILES string of the molecule is N#Cc1ccc(-c2ncsc2C(=O)O)nc1. The molecule has 2 aromatic heterocycles. The van der Waals surface area contributed by atoms with Crippen LogP contribution >= 0.6 is 11.3 Å². The molecular formula is C10H5N3O2S. The van der Waals surface area contributed by atoms with Gasteiger partial charge in [-0.2, -0.15) is 5.26 Å². The van der Waals surface area contributed by atoms with Gasteiger partial charge in [-0.1, -0.05) is 0 Å². The molecule has 78 valence electrons. The van der Waals surface area contributed by atoms with Gasteiger partial charge < -0.3 is 5.11 Å². The van der Waals surface area contributed by atoms with Crippen LogP contribution in [0, 0.1) is 11.3 Å². The minimum absolute atomic E-state index is 0.150. The second-order valence-electron chi connectivity index (χ2n) is 2.88. The Morgan fingerprint density at radius 3 is 2.81 bits per heavy atom. The molecule has 2 rings (SSSR count). The predicted molar refractivity (Wildman–Crippen MR) is 57.0 cm³/mol. The Hall–Kier alpha value is -2.26. The normalized spacial score (nSPS) is 9.69. The molecule has 0 aliphatic heterocycles. The van der Waals surface area contributed by atoms with Gasteiger partial charge in [0.1, 0.15) is 16.6 Å². The van der Waals surface area contributed by atoms with Crippen LogP contribution in [-0.4, -0.2) is 21.0 Å². The third-order valence-corrected chi connectivity index (χ3v) is 2.71. The van der Waals surface area contributed by atoms with E-state index in [0.29, 0.717) is 17.0 Å². The smallest absolute Gasteiger partial charge is 0.348 e. The second kappa shape index (κ2) is 4.08.